The van der Waals surface area contributed by atoms with Gasteiger partial charge in [0.05, 0.1) is 0 Å². The van der Waals surface area contributed by atoms with Gasteiger partial charge in [-0.15, -0.1) is 22.7 Å². The molecule has 0 bridgehead atoms. The van der Waals surface area contributed by atoms with Gasteiger partial charge in [-0.3, -0.25) is 0 Å². The molecule has 2 aromatic rings. The molecule has 3 nitrogen and oxygen atoms in total. The van der Waals surface area contributed by atoms with Crippen molar-refractivity contribution in [1.82, 2.24) is 4.72 Å². The molecule has 1 saturated carbocycles. The van der Waals surface area contributed by atoms with Crippen LogP contribution in [0.1, 0.15) is 37.0 Å². The standard InChI is InChI=1S/C15H19NO2S3/c17-21(18,14-7-5-11-20-14)16-12-15(8-2-1-3-9-15)13-6-4-10-19-13/h4-7,10-11,16H,1-3,8-9,12H2. The van der Waals surface area contributed by atoms with Crippen LogP contribution in [-0.2, 0) is 15.4 Å². The average molecular weight is 342 g/mol. The quantitative estimate of drug-likeness (QED) is 0.894. The summed E-state index contributed by atoms with van der Waals surface area (Å²) >= 11 is 3.01. The van der Waals surface area contributed by atoms with Crippen LogP contribution in [-0.4, -0.2) is 15.0 Å². The maximum absolute atomic E-state index is 12.4. The number of thiophene rings is 2. The molecule has 1 N–H and O–H groups in total. The highest BCUT2D eigenvalue weighted by Gasteiger charge is 2.36. The molecule has 1 fully saturated rings. The summed E-state index contributed by atoms with van der Waals surface area (Å²) in [5.74, 6) is 0. The Morgan fingerprint density at radius 3 is 2.38 bits per heavy atom. The summed E-state index contributed by atoms with van der Waals surface area (Å²) in [4.78, 5) is 1.32. The van der Waals surface area contributed by atoms with E-state index in [1.165, 1.54) is 35.5 Å². The van der Waals surface area contributed by atoms with Crippen LogP contribution in [0.3, 0.4) is 0 Å². The first kappa shape index (κ1) is 15.2. The van der Waals surface area contributed by atoms with E-state index in [1.54, 1.807) is 28.8 Å². The summed E-state index contributed by atoms with van der Waals surface area (Å²) in [5, 5.41) is 3.88. The van der Waals surface area contributed by atoms with E-state index in [0.29, 0.717) is 10.8 Å². The van der Waals surface area contributed by atoms with Gasteiger partial charge in [-0.25, -0.2) is 13.1 Å². The van der Waals surface area contributed by atoms with Gasteiger partial charge >= 0.3 is 0 Å². The second-order valence-electron chi connectivity index (χ2n) is 5.57. The number of hydrogen-bond donors (Lipinski definition) is 1. The first-order chi connectivity index (χ1) is 10.1. The zero-order valence-corrected chi connectivity index (χ0v) is 14.2. The number of sulfonamides is 1. The molecular formula is C15H19NO2S3. The van der Waals surface area contributed by atoms with Crippen molar-refractivity contribution in [3.8, 4) is 0 Å². The predicted molar refractivity (Wildman–Crippen MR) is 88.6 cm³/mol. The number of rotatable bonds is 5. The fourth-order valence-electron chi connectivity index (χ4n) is 3.04. The van der Waals surface area contributed by atoms with E-state index in [4.69, 9.17) is 0 Å². The third kappa shape index (κ3) is 3.23. The van der Waals surface area contributed by atoms with Crippen molar-refractivity contribution in [3.05, 3.63) is 39.9 Å². The molecule has 3 rings (SSSR count). The Morgan fingerprint density at radius 2 is 1.76 bits per heavy atom. The molecule has 0 saturated heterocycles. The van der Waals surface area contributed by atoms with E-state index in [1.807, 2.05) is 0 Å². The SMILES string of the molecule is O=S(=O)(NCC1(c2cccs2)CCCCC1)c1cccs1. The van der Waals surface area contributed by atoms with Crippen molar-refractivity contribution in [2.45, 2.75) is 41.7 Å². The Balaban J connectivity index is 1.80. The first-order valence-corrected chi connectivity index (χ1v) is 10.4. The maximum Gasteiger partial charge on any atom is 0.250 e. The Morgan fingerprint density at radius 1 is 1.05 bits per heavy atom. The topological polar surface area (TPSA) is 46.2 Å². The van der Waals surface area contributed by atoms with Gasteiger partial charge in [-0.1, -0.05) is 31.4 Å². The van der Waals surface area contributed by atoms with Crippen LogP contribution in [0.15, 0.2) is 39.2 Å². The summed E-state index contributed by atoms with van der Waals surface area (Å²) in [6, 6.07) is 7.64. The highest BCUT2D eigenvalue weighted by atomic mass is 32.2. The van der Waals surface area contributed by atoms with Crippen LogP contribution in [0.4, 0.5) is 0 Å². The first-order valence-electron chi connectivity index (χ1n) is 7.20. The molecular weight excluding hydrogens is 322 g/mol. The molecule has 0 unspecified atom stereocenters. The molecule has 0 aliphatic heterocycles. The van der Waals surface area contributed by atoms with E-state index in [9.17, 15) is 8.42 Å². The Bertz CT molecular complexity index is 654. The normalized spacial score (nSPS) is 18.7. The second-order valence-corrected chi connectivity index (χ2v) is 9.46. The molecule has 0 amide bonds. The largest absolute Gasteiger partial charge is 0.250 e. The van der Waals surface area contributed by atoms with Crippen molar-refractivity contribution < 1.29 is 8.42 Å². The zero-order valence-electron chi connectivity index (χ0n) is 11.7. The molecule has 6 heteroatoms. The predicted octanol–water partition coefficient (Wildman–Crippen LogP) is 3.99. The maximum atomic E-state index is 12.4. The van der Waals surface area contributed by atoms with E-state index >= 15 is 0 Å². The summed E-state index contributed by atoms with van der Waals surface area (Å²) in [6.07, 6.45) is 5.75. The van der Waals surface area contributed by atoms with Crippen LogP contribution in [0, 0.1) is 0 Å². The van der Waals surface area contributed by atoms with Crippen molar-refractivity contribution >= 4 is 32.7 Å². The van der Waals surface area contributed by atoms with Gasteiger partial charge in [0.15, 0.2) is 0 Å². The molecule has 21 heavy (non-hydrogen) atoms. The zero-order chi connectivity index (χ0) is 14.8. The molecule has 0 atom stereocenters. The van der Waals surface area contributed by atoms with Crippen LogP contribution >= 0.6 is 22.7 Å². The smallest absolute Gasteiger partial charge is 0.210 e. The van der Waals surface area contributed by atoms with Gasteiger partial charge < -0.3 is 0 Å². The minimum absolute atomic E-state index is 0.0171. The van der Waals surface area contributed by atoms with E-state index < -0.39 is 10.0 Å². The summed E-state index contributed by atoms with van der Waals surface area (Å²) in [7, 11) is -3.37. The van der Waals surface area contributed by atoms with Crippen LogP contribution in [0.25, 0.3) is 0 Å². The third-order valence-electron chi connectivity index (χ3n) is 4.22. The minimum atomic E-state index is -3.37. The molecule has 0 spiro atoms. The third-order valence-corrected chi connectivity index (χ3v) is 8.13. The van der Waals surface area contributed by atoms with Crippen molar-refractivity contribution in [2.24, 2.45) is 0 Å². The number of hydrogen-bond acceptors (Lipinski definition) is 4. The van der Waals surface area contributed by atoms with Gasteiger partial charge in [0.1, 0.15) is 4.21 Å². The molecule has 114 valence electrons. The highest BCUT2D eigenvalue weighted by molar-refractivity contribution is 7.91. The van der Waals surface area contributed by atoms with E-state index in [-0.39, 0.29) is 5.41 Å². The Hall–Kier alpha value is -0.690. The molecule has 2 heterocycles. The van der Waals surface area contributed by atoms with Crippen molar-refractivity contribution in [3.63, 3.8) is 0 Å². The lowest BCUT2D eigenvalue weighted by Gasteiger charge is -2.36. The lowest BCUT2D eigenvalue weighted by atomic mass is 9.73. The van der Waals surface area contributed by atoms with Gasteiger partial charge in [-0.2, -0.15) is 0 Å². The van der Waals surface area contributed by atoms with Crippen molar-refractivity contribution in [2.75, 3.05) is 6.54 Å². The minimum Gasteiger partial charge on any atom is -0.210 e. The van der Waals surface area contributed by atoms with Crippen molar-refractivity contribution in [1.29, 1.82) is 0 Å². The van der Waals surface area contributed by atoms with Gasteiger partial charge in [-0.05, 0) is 35.7 Å². The second kappa shape index (κ2) is 6.20. The van der Waals surface area contributed by atoms with Crippen LogP contribution in [0.2, 0.25) is 0 Å². The summed E-state index contributed by atoms with van der Waals surface area (Å²) < 4.78 is 28.0. The summed E-state index contributed by atoms with van der Waals surface area (Å²) in [6.45, 7) is 0.508. The van der Waals surface area contributed by atoms with Gasteiger partial charge in [0, 0.05) is 16.8 Å². The highest BCUT2D eigenvalue weighted by Crippen LogP contribution is 2.41. The molecule has 2 aromatic heterocycles. The summed E-state index contributed by atoms with van der Waals surface area (Å²) in [5.41, 5.74) is -0.0171. The lowest BCUT2D eigenvalue weighted by Crippen LogP contribution is -2.41. The van der Waals surface area contributed by atoms with Gasteiger partial charge in [0.25, 0.3) is 0 Å². The van der Waals surface area contributed by atoms with E-state index in [0.717, 1.165) is 12.8 Å². The Labute approximate surface area is 134 Å². The molecule has 0 aromatic carbocycles. The van der Waals surface area contributed by atoms with Gasteiger partial charge in [0.2, 0.25) is 10.0 Å². The Kier molecular flexibility index (Phi) is 4.49. The van der Waals surface area contributed by atoms with Crippen LogP contribution < -0.4 is 4.72 Å². The molecule has 1 aliphatic carbocycles. The van der Waals surface area contributed by atoms with Crippen LogP contribution in [0.5, 0.6) is 0 Å². The fraction of sp³-hybridized carbons (Fsp3) is 0.467. The number of nitrogens with one attached hydrogen (secondary N) is 1. The fourth-order valence-corrected chi connectivity index (χ4v) is 6.19. The lowest BCUT2D eigenvalue weighted by molar-refractivity contribution is 0.298. The molecule has 0 radical (unpaired) electrons. The average Bonchev–Trinajstić information content (AvgIpc) is 3.19. The van der Waals surface area contributed by atoms with E-state index in [2.05, 4.69) is 22.2 Å². The molecule has 1 aliphatic rings. The monoisotopic (exact) mass is 341 g/mol.